The summed E-state index contributed by atoms with van der Waals surface area (Å²) in [6.45, 7) is 2.04. The zero-order valence-corrected chi connectivity index (χ0v) is 8.43. The van der Waals surface area contributed by atoms with E-state index in [-0.39, 0.29) is 6.04 Å². The van der Waals surface area contributed by atoms with Crippen LogP contribution in [0.4, 0.5) is 8.78 Å². The number of halogens is 2. The van der Waals surface area contributed by atoms with E-state index >= 15 is 0 Å². The minimum Gasteiger partial charge on any atom is -0.348 e. The van der Waals surface area contributed by atoms with E-state index in [1.807, 2.05) is 6.92 Å². The molecule has 0 aromatic rings. The third kappa shape index (κ3) is 2.93. The molecule has 0 saturated heterocycles. The molecule has 2 unspecified atom stereocenters. The van der Waals surface area contributed by atoms with Crippen molar-refractivity contribution in [3.8, 4) is 0 Å². The largest absolute Gasteiger partial charge is 0.348 e. The summed E-state index contributed by atoms with van der Waals surface area (Å²) >= 11 is 0. The molecule has 1 fully saturated rings. The first-order valence-electron chi connectivity index (χ1n) is 5.23. The molecule has 82 valence electrons. The average Bonchev–Trinajstić information content (AvgIpc) is 2.18. The highest BCUT2D eigenvalue weighted by atomic mass is 19.3. The Morgan fingerprint density at radius 3 is 2.64 bits per heavy atom. The molecule has 0 radical (unpaired) electrons. The number of hydrogen-bond acceptors (Lipinski definition) is 1. The lowest BCUT2D eigenvalue weighted by molar-refractivity contribution is -0.133. The molecule has 2 atom stereocenters. The van der Waals surface area contributed by atoms with E-state index in [0.29, 0.717) is 5.92 Å². The lowest BCUT2D eigenvalue weighted by Crippen LogP contribution is -2.44. The van der Waals surface area contributed by atoms with Gasteiger partial charge in [0, 0.05) is 6.04 Å². The van der Waals surface area contributed by atoms with Gasteiger partial charge in [-0.3, -0.25) is 4.79 Å². The molecule has 14 heavy (non-hydrogen) atoms. The lowest BCUT2D eigenvalue weighted by atomic mass is 9.83. The van der Waals surface area contributed by atoms with Gasteiger partial charge in [-0.15, -0.1) is 0 Å². The highest BCUT2D eigenvalue weighted by Gasteiger charge is 2.27. The molecule has 2 nitrogen and oxygen atoms in total. The lowest BCUT2D eigenvalue weighted by Gasteiger charge is -2.31. The Morgan fingerprint density at radius 2 is 2.07 bits per heavy atom. The fourth-order valence-corrected chi connectivity index (χ4v) is 2.13. The third-order valence-electron chi connectivity index (χ3n) is 2.96. The number of alkyl halides is 2. The Balaban J connectivity index is 2.44. The quantitative estimate of drug-likeness (QED) is 0.752. The molecule has 1 rings (SSSR count). The van der Waals surface area contributed by atoms with Gasteiger partial charge in [-0.1, -0.05) is 26.2 Å². The maximum absolute atomic E-state index is 12.0. The Bertz CT molecular complexity index is 197. The predicted octanol–water partition coefficient (Wildman–Crippen LogP) is 2.34. The van der Waals surface area contributed by atoms with Crippen molar-refractivity contribution in [3.63, 3.8) is 0 Å². The van der Waals surface area contributed by atoms with Gasteiger partial charge >= 0.3 is 6.43 Å². The van der Waals surface area contributed by atoms with Crippen molar-refractivity contribution < 1.29 is 13.6 Å². The molecule has 1 aliphatic rings. The van der Waals surface area contributed by atoms with E-state index in [1.54, 1.807) is 0 Å². The average molecular weight is 205 g/mol. The van der Waals surface area contributed by atoms with Crippen molar-refractivity contribution >= 4 is 5.91 Å². The molecule has 0 aromatic heterocycles. The second kappa shape index (κ2) is 5.27. The van der Waals surface area contributed by atoms with Gasteiger partial charge in [-0.25, -0.2) is 0 Å². The summed E-state index contributed by atoms with van der Waals surface area (Å²) in [7, 11) is 0. The van der Waals surface area contributed by atoms with Gasteiger partial charge in [0.15, 0.2) is 0 Å². The van der Waals surface area contributed by atoms with Crippen molar-refractivity contribution in [2.24, 2.45) is 5.92 Å². The summed E-state index contributed by atoms with van der Waals surface area (Å²) in [5, 5.41) is 2.43. The number of rotatable bonds is 3. The van der Waals surface area contributed by atoms with Crippen LogP contribution in [-0.4, -0.2) is 18.4 Å². The van der Waals surface area contributed by atoms with Crippen LogP contribution >= 0.6 is 0 Å². The van der Waals surface area contributed by atoms with Crippen LogP contribution in [0, 0.1) is 5.92 Å². The van der Waals surface area contributed by atoms with Crippen LogP contribution in [0.2, 0.25) is 0 Å². The van der Waals surface area contributed by atoms with E-state index in [1.165, 1.54) is 0 Å². The van der Waals surface area contributed by atoms with Crippen LogP contribution in [0.25, 0.3) is 0 Å². The van der Waals surface area contributed by atoms with Gasteiger partial charge < -0.3 is 5.32 Å². The van der Waals surface area contributed by atoms with Crippen molar-refractivity contribution in [2.45, 2.75) is 51.5 Å². The Kier molecular flexibility index (Phi) is 4.29. The smallest absolute Gasteiger partial charge is 0.315 e. The molecule has 0 aromatic carbocycles. The first-order valence-corrected chi connectivity index (χ1v) is 5.23. The maximum atomic E-state index is 12.0. The standard InChI is InChI=1S/C10H17F2NO/c1-2-7-5-3-4-6-8(7)13-10(14)9(11)12/h7-9H,2-6H2,1H3,(H,13,14). The van der Waals surface area contributed by atoms with Crippen LogP contribution in [0.3, 0.4) is 0 Å². The molecule has 1 saturated carbocycles. The van der Waals surface area contributed by atoms with Crippen molar-refractivity contribution in [1.82, 2.24) is 5.32 Å². The second-order valence-electron chi connectivity index (χ2n) is 3.87. The molecular formula is C10H17F2NO. The second-order valence-corrected chi connectivity index (χ2v) is 3.87. The van der Waals surface area contributed by atoms with Crippen LogP contribution in [0.5, 0.6) is 0 Å². The van der Waals surface area contributed by atoms with Gasteiger partial charge in [-0.2, -0.15) is 8.78 Å². The monoisotopic (exact) mass is 205 g/mol. The number of hydrogen-bond donors (Lipinski definition) is 1. The van der Waals surface area contributed by atoms with Crippen LogP contribution in [-0.2, 0) is 4.79 Å². The molecular weight excluding hydrogens is 188 g/mol. The minimum atomic E-state index is -2.88. The first-order chi connectivity index (χ1) is 6.65. The summed E-state index contributed by atoms with van der Waals surface area (Å²) in [6, 6.07) is -0.0322. The summed E-state index contributed by atoms with van der Waals surface area (Å²) in [6.07, 6.45) is 2.15. The van der Waals surface area contributed by atoms with Gasteiger partial charge in [-0.05, 0) is 18.8 Å². The first kappa shape index (κ1) is 11.4. The van der Waals surface area contributed by atoms with Gasteiger partial charge in [0.1, 0.15) is 0 Å². The summed E-state index contributed by atoms with van der Waals surface area (Å²) in [4.78, 5) is 10.8. The molecule has 4 heteroatoms. The number of amides is 1. The fraction of sp³-hybridized carbons (Fsp3) is 0.900. The summed E-state index contributed by atoms with van der Waals surface area (Å²) < 4.78 is 24.0. The highest BCUT2D eigenvalue weighted by Crippen LogP contribution is 2.26. The maximum Gasteiger partial charge on any atom is 0.315 e. The third-order valence-corrected chi connectivity index (χ3v) is 2.96. The minimum absolute atomic E-state index is 0.0322. The molecule has 0 bridgehead atoms. The number of carbonyl (C=O) groups is 1. The Hall–Kier alpha value is -0.670. The van der Waals surface area contributed by atoms with Crippen molar-refractivity contribution in [3.05, 3.63) is 0 Å². The number of nitrogens with one attached hydrogen (secondary N) is 1. The molecule has 1 N–H and O–H groups in total. The molecule has 0 heterocycles. The van der Waals surface area contributed by atoms with Crippen molar-refractivity contribution in [1.29, 1.82) is 0 Å². The van der Waals surface area contributed by atoms with E-state index < -0.39 is 12.3 Å². The fourth-order valence-electron chi connectivity index (χ4n) is 2.13. The molecule has 0 aliphatic heterocycles. The van der Waals surface area contributed by atoms with Gasteiger partial charge in [0.25, 0.3) is 5.91 Å². The Morgan fingerprint density at radius 1 is 1.43 bits per heavy atom. The zero-order chi connectivity index (χ0) is 10.6. The topological polar surface area (TPSA) is 29.1 Å². The van der Waals surface area contributed by atoms with Crippen molar-refractivity contribution in [2.75, 3.05) is 0 Å². The normalized spacial score (nSPS) is 27.7. The SMILES string of the molecule is CCC1CCCCC1NC(=O)C(F)F. The molecule has 0 spiro atoms. The van der Waals surface area contributed by atoms with Gasteiger partial charge in [0.05, 0.1) is 0 Å². The highest BCUT2D eigenvalue weighted by molar-refractivity contribution is 5.79. The van der Waals surface area contributed by atoms with E-state index in [2.05, 4.69) is 5.32 Å². The van der Waals surface area contributed by atoms with Crippen LogP contribution in [0.1, 0.15) is 39.0 Å². The predicted molar refractivity (Wildman–Crippen MR) is 50.2 cm³/mol. The van der Waals surface area contributed by atoms with Gasteiger partial charge in [0.2, 0.25) is 0 Å². The Labute approximate surface area is 83.1 Å². The van der Waals surface area contributed by atoms with E-state index in [0.717, 1.165) is 32.1 Å². The summed E-state index contributed by atoms with van der Waals surface area (Å²) in [5.74, 6) is -0.734. The number of carbonyl (C=O) groups excluding carboxylic acids is 1. The van der Waals surface area contributed by atoms with Crippen LogP contribution in [0.15, 0.2) is 0 Å². The zero-order valence-electron chi connectivity index (χ0n) is 8.43. The van der Waals surface area contributed by atoms with E-state index in [4.69, 9.17) is 0 Å². The van der Waals surface area contributed by atoms with Crippen LogP contribution < -0.4 is 5.32 Å². The molecule has 1 aliphatic carbocycles. The van der Waals surface area contributed by atoms with E-state index in [9.17, 15) is 13.6 Å². The molecule has 1 amide bonds. The summed E-state index contributed by atoms with van der Waals surface area (Å²) in [5.41, 5.74) is 0.